The molecule has 108 valence electrons. The van der Waals surface area contributed by atoms with E-state index in [0.717, 1.165) is 0 Å². The zero-order valence-electron chi connectivity index (χ0n) is 11.8. The Morgan fingerprint density at radius 2 is 1.67 bits per heavy atom. The first kappa shape index (κ1) is 14.8. The summed E-state index contributed by atoms with van der Waals surface area (Å²) in [5.41, 5.74) is 1.77. The normalized spacial score (nSPS) is 9.95. The highest BCUT2D eigenvalue weighted by molar-refractivity contribution is 6.12. The molecule has 2 aromatic carbocycles. The van der Waals surface area contributed by atoms with E-state index in [1.54, 1.807) is 37.3 Å². The summed E-state index contributed by atoms with van der Waals surface area (Å²) in [6, 6.07) is 16.2. The van der Waals surface area contributed by atoms with Crippen molar-refractivity contribution >= 4 is 17.4 Å². The SMILES string of the molecule is CCOC(=O)CNc1ccccc1C(=O)c1ccccc1. The molecule has 0 saturated heterocycles. The fourth-order valence-electron chi connectivity index (χ4n) is 1.96. The summed E-state index contributed by atoms with van der Waals surface area (Å²) in [4.78, 5) is 23.9. The fraction of sp³-hybridized carbons (Fsp3) is 0.176. The van der Waals surface area contributed by atoms with Gasteiger partial charge in [0.2, 0.25) is 0 Å². The van der Waals surface area contributed by atoms with Gasteiger partial charge in [-0.15, -0.1) is 0 Å². The van der Waals surface area contributed by atoms with Gasteiger partial charge in [0, 0.05) is 16.8 Å². The van der Waals surface area contributed by atoms with Crippen LogP contribution in [0.25, 0.3) is 0 Å². The molecular formula is C17H17NO3. The third-order valence-electron chi connectivity index (χ3n) is 2.94. The number of anilines is 1. The van der Waals surface area contributed by atoms with Crippen molar-refractivity contribution in [3.63, 3.8) is 0 Å². The third-order valence-corrected chi connectivity index (χ3v) is 2.94. The number of ether oxygens (including phenoxy) is 1. The van der Waals surface area contributed by atoms with Crippen LogP contribution < -0.4 is 5.32 Å². The third kappa shape index (κ3) is 3.92. The molecule has 0 amide bonds. The average Bonchev–Trinajstić information content (AvgIpc) is 2.54. The van der Waals surface area contributed by atoms with Crippen molar-refractivity contribution in [2.75, 3.05) is 18.5 Å². The molecule has 2 rings (SSSR count). The summed E-state index contributed by atoms with van der Waals surface area (Å²) in [7, 11) is 0. The number of nitrogens with one attached hydrogen (secondary N) is 1. The van der Waals surface area contributed by atoms with Crippen LogP contribution in [-0.2, 0) is 9.53 Å². The van der Waals surface area contributed by atoms with E-state index >= 15 is 0 Å². The highest BCUT2D eigenvalue weighted by atomic mass is 16.5. The van der Waals surface area contributed by atoms with Gasteiger partial charge < -0.3 is 10.1 Å². The second-order valence-electron chi connectivity index (χ2n) is 4.40. The monoisotopic (exact) mass is 283 g/mol. The maximum absolute atomic E-state index is 12.5. The van der Waals surface area contributed by atoms with Gasteiger partial charge in [0.05, 0.1) is 6.61 Å². The minimum absolute atomic E-state index is 0.0346. The minimum atomic E-state index is -0.348. The lowest BCUT2D eigenvalue weighted by atomic mass is 10.0. The van der Waals surface area contributed by atoms with E-state index in [4.69, 9.17) is 4.74 Å². The predicted octanol–water partition coefficient (Wildman–Crippen LogP) is 2.89. The number of hydrogen-bond acceptors (Lipinski definition) is 4. The first-order valence-corrected chi connectivity index (χ1v) is 6.80. The van der Waals surface area contributed by atoms with Crippen LogP contribution in [0.2, 0.25) is 0 Å². The molecular weight excluding hydrogens is 266 g/mol. The van der Waals surface area contributed by atoms with Crippen LogP contribution in [0.15, 0.2) is 54.6 Å². The van der Waals surface area contributed by atoms with Crippen molar-refractivity contribution in [1.82, 2.24) is 0 Å². The van der Waals surface area contributed by atoms with E-state index in [9.17, 15) is 9.59 Å². The van der Waals surface area contributed by atoms with Gasteiger partial charge in [-0.1, -0.05) is 42.5 Å². The summed E-state index contributed by atoms with van der Waals surface area (Å²) < 4.78 is 4.86. The van der Waals surface area contributed by atoms with Crippen molar-refractivity contribution < 1.29 is 14.3 Å². The van der Waals surface area contributed by atoms with Gasteiger partial charge >= 0.3 is 5.97 Å². The van der Waals surface area contributed by atoms with Crippen LogP contribution >= 0.6 is 0 Å². The lowest BCUT2D eigenvalue weighted by molar-refractivity contribution is -0.140. The van der Waals surface area contributed by atoms with E-state index < -0.39 is 0 Å². The Kier molecular flexibility index (Phi) is 5.10. The maximum atomic E-state index is 12.5. The molecule has 0 fully saturated rings. The smallest absolute Gasteiger partial charge is 0.325 e. The molecule has 0 aliphatic rings. The molecule has 2 aromatic rings. The van der Waals surface area contributed by atoms with Gasteiger partial charge in [-0.3, -0.25) is 9.59 Å². The highest BCUT2D eigenvalue weighted by Gasteiger charge is 2.13. The molecule has 0 spiro atoms. The Hall–Kier alpha value is -2.62. The Labute approximate surface area is 123 Å². The van der Waals surface area contributed by atoms with Gasteiger partial charge in [0.1, 0.15) is 6.54 Å². The zero-order valence-corrected chi connectivity index (χ0v) is 11.8. The fourth-order valence-corrected chi connectivity index (χ4v) is 1.96. The molecule has 0 aliphatic heterocycles. The molecule has 0 aliphatic carbocycles. The van der Waals surface area contributed by atoms with E-state index in [2.05, 4.69) is 5.32 Å². The lowest BCUT2D eigenvalue weighted by Gasteiger charge is -2.11. The number of rotatable bonds is 6. The predicted molar refractivity (Wildman–Crippen MR) is 81.4 cm³/mol. The minimum Gasteiger partial charge on any atom is -0.465 e. The number of carbonyl (C=O) groups excluding carboxylic acids is 2. The molecule has 4 heteroatoms. The van der Waals surface area contributed by atoms with Crippen LogP contribution in [0.3, 0.4) is 0 Å². The van der Waals surface area contributed by atoms with Gasteiger partial charge in [-0.25, -0.2) is 0 Å². The second kappa shape index (κ2) is 7.24. The van der Waals surface area contributed by atoms with Gasteiger partial charge in [0.25, 0.3) is 0 Å². The van der Waals surface area contributed by atoms with Gasteiger partial charge in [-0.2, -0.15) is 0 Å². The maximum Gasteiger partial charge on any atom is 0.325 e. The van der Waals surface area contributed by atoms with Crippen LogP contribution in [0, 0.1) is 0 Å². The van der Waals surface area contributed by atoms with Crippen molar-refractivity contribution in [3.05, 3.63) is 65.7 Å². The number of hydrogen-bond donors (Lipinski definition) is 1. The number of carbonyl (C=O) groups is 2. The molecule has 21 heavy (non-hydrogen) atoms. The summed E-state index contributed by atoms with van der Waals surface area (Å²) in [6.07, 6.45) is 0. The Morgan fingerprint density at radius 1 is 1.00 bits per heavy atom. The molecule has 1 N–H and O–H groups in total. The van der Waals surface area contributed by atoms with Crippen LogP contribution in [-0.4, -0.2) is 24.9 Å². The largest absolute Gasteiger partial charge is 0.465 e. The van der Waals surface area contributed by atoms with Crippen LogP contribution in [0.4, 0.5) is 5.69 Å². The van der Waals surface area contributed by atoms with E-state index in [1.807, 2.05) is 24.3 Å². The van der Waals surface area contributed by atoms with Crippen LogP contribution in [0.5, 0.6) is 0 Å². The molecule has 0 aromatic heterocycles. The standard InChI is InChI=1S/C17H17NO3/c1-2-21-16(19)12-18-15-11-7-6-10-14(15)17(20)13-8-4-3-5-9-13/h3-11,18H,2,12H2,1H3. The zero-order chi connectivity index (χ0) is 15.1. The number of para-hydroxylation sites is 1. The summed E-state index contributed by atoms with van der Waals surface area (Å²) in [5, 5.41) is 2.95. The average molecular weight is 283 g/mol. The molecule has 0 radical (unpaired) electrons. The molecule has 0 bridgehead atoms. The van der Waals surface area contributed by atoms with Crippen molar-refractivity contribution in [1.29, 1.82) is 0 Å². The van der Waals surface area contributed by atoms with E-state index in [-0.39, 0.29) is 18.3 Å². The quantitative estimate of drug-likeness (QED) is 0.654. The van der Waals surface area contributed by atoms with Crippen LogP contribution in [0.1, 0.15) is 22.8 Å². The molecule has 4 nitrogen and oxygen atoms in total. The number of esters is 1. The van der Waals surface area contributed by atoms with Crippen molar-refractivity contribution in [2.24, 2.45) is 0 Å². The van der Waals surface area contributed by atoms with E-state index in [0.29, 0.717) is 23.4 Å². The lowest BCUT2D eigenvalue weighted by Crippen LogP contribution is -2.18. The Bertz CT molecular complexity index is 623. The molecule has 0 saturated carbocycles. The molecule has 0 unspecified atom stereocenters. The second-order valence-corrected chi connectivity index (χ2v) is 4.40. The molecule has 0 heterocycles. The summed E-state index contributed by atoms with van der Waals surface area (Å²) in [6.45, 7) is 2.13. The first-order valence-electron chi connectivity index (χ1n) is 6.80. The van der Waals surface area contributed by atoms with E-state index in [1.165, 1.54) is 0 Å². The first-order chi connectivity index (χ1) is 10.2. The summed E-state index contributed by atoms with van der Waals surface area (Å²) >= 11 is 0. The molecule has 0 atom stereocenters. The summed E-state index contributed by atoms with van der Waals surface area (Å²) in [5.74, 6) is -0.429. The van der Waals surface area contributed by atoms with Gasteiger partial charge in [-0.05, 0) is 19.1 Å². The highest BCUT2D eigenvalue weighted by Crippen LogP contribution is 2.19. The number of ketones is 1. The Balaban J connectivity index is 2.17. The number of benzene rings is 2. The van der Waals surface area contributed by atoms with Crippen molar-refractivity contribution in [3.8, 4) is 0 Å². The Morgan fingerprint density at radius 3 is 2.38 bits per heavy atom. The van der Waals surface area contributed by atoms with Gasteiger partial charge in [0.15, 0.2) is 5.78 Å². The topological polar surface area (TPSA) is 55.4 Å². The van der Waals surface area contributed by atoms with Crippen molar-refractivity contribution in [2.45, 2.75) is 6.92 Å².